The number of fused-ring (bicyclic) bond motifs is 2. The Hall–Kier alpha value is -4.66. The summed E-state index contributed by atoms with van der Waals surface area (Å²) in [6, 6.07) is 18.1. The lowest BCUT2D eigenvalue weighted by Crippen LogP contribution is -2.30. The lowest BCUT2D eigenvalue weighted by Gasteiger charge is -2.19. The number of nitrogen functional groups attached to an aromatic ring is 1. The van der Waals surface area contributed by atoms with E-state index >= 15 is 0 Å². The van der Waals surface area contributed by atoms with Crippen LogP contribution in [-0.4, -0.2) is 27.0 Å². The number of carbonyl (C=O) groups is 1. The molecular weight excluding hydrogens is 527 g/mol. The van der Waals surface area contributed by atoms with E-state index in [1.807, 2.05) is 34.8 Å². The molecular formula is C32H28F3N5O. The number of nitrogens with zero attached hydrogens (tertiary/aromatic N) is 4. The van der Waals surface area contributed by atoms with Crippen LogP contribution in [0.5, 0.6) is 0 Å². The number of amides is 1. The molecule has 1 amide bonds. The van der Waals surface area contributed by atoms with Crippen LogP contribution < -0.4 is 10.6 Å². The minimum Gasteiger partial charge on any atom is -0.383 e. The number of carbonyl (C=O) groups excluding carboxylic acids is 1. The lowest BCUT2D eigenvalue weighted by molar-refractivity contribution is -0.137. The van der Waals surface area contributed by atoms with E-state index in [-0.39, 0.29) is 11.8 Å². The van der Waals surface area contributed by atoms with Crippen molar-refractivity contribution in [2.75, 3.05) is 17.2 Å². The Morgan fingerprint density at radius 3 is 2.22 bits per heavy atom. The van der Waals surface area contributed by atoms with Crippen molar-refractivity contribution < 1.29 is 18.0 Å². The van der Waals surface area contributed by atoms with Gasteiger partial charge in [0.05, 0.1) is 10.9 Å². The molecule has 3 heterocycles. The third-order valence-corrected chi connectivity index (χ3v) is 7.92. The van der Waals surface area contributed by atoms with Crippen molar-refractivity contribution in [3.05, 3.63) is 95.9 Å². The van der Waals surface area contributed by atoms with Crippen molar-refractivity contribution in [1.82, 2.24) is 14.5 Å². The molecule has 0 spiro atoms. The summed E-state index contributed by atoms with van der Waals surface area (Å²) in [6.45, 7) is 4.85. The van der Waals surface area contributed by atoms with Crippen molar-refractivity contribution in [3.63, 3.8) is 0 Å². The highest BCUT2D eigenvalue weighted by molar-refractivity contribution is 6.08. The molecule has 1 aliphatic rings. The highest BCUT2D eigenvalue weighted by Crippen LogP contribution is 2.44. The van der Waals surface area contributed by atoms with Gasteiger partial charge in [-0.2, -0.15) is 13.2 Å². The number of benzene rings is 3. The number of alkyl halides is 3. The molecule has 2 N–H and O–H groups in total. The van der Waals surface area contributed by atoms with Gasteiger partial charge in [-0.25, -0.2) is 9.97 Å². The van der Waals surface area contributed by atoms with Gasteiger partial charge in [0, 0.05) is 42.5 Å². The van der Waals surface area contributed by atoms with Crippen LogP contribution in [0.25, 0.3) is 33.3 Å². The molecule has 3 aromatic carbocycles. The first-order valence-corrected chi connectivity index (χ1v) is 13.3. The largest absolute Gasteiger partial charge is 0.416 e. The van der Waals surface area contributed by atoms with Gasteiger partial charge in [-0.1, -0.05) is 44.2 Å². The average molecular weight is 556 g/mol. The van der Waals surface area contributed by atoms with Gasteiger partial charge in [0.25, 0.3) is 5.91 Å². The maximum Gasteiger partial charge on any atom is 0.416 e. The Labute approximate surface area is 235 Å². The van der Waals surface area contributed by atoms with Gasteiger partial charge < -0.3 is 15.2 Å². The summed E-state index contributed by atoms with van der Waals surface area (Å²) in [6.07, 6.45) is -0.928. The van der Waals surface area contributed by atoms with Crippen LogP contribution in [0.4, 0.5) is 24.7 Å². The average Bonchev–Trinajstić information content (AvgIpc) is 3.51. The zero-order valence-electron chi connectivity index (χ0n) is 22.8. The van der Waals surface area contributed by atoms with E-state index in [0.29, 0.717) is 29.4 Å². The second kappa shape index (κ2) is 9.76. The summed E-state index contributed by atoms with van der Waals surface area (Å²) in [7, 11) is 1.92. The van der Waals surface area contributed by atoms with E-state index in [2.05, 4.69) is 29.9 Å². The topological polar surface area (TPSA) is 77.0 Å². The molecule has 6 nitrogen and oxygen atoms in total. The Balaban J connectivity index is 1.31. The molecule has 1 atom stereocenters. The number of aryl methyl sites for hydroxylation is 1. The highest BCUT2D eigenvalue weighted by atomic mass is 19.4. The number of hydrogen-bond donors (Lipinski definition) is 1. The predicted molar refractivity (Wildman–Crippen MR) is 154 cm³/mol. The van der Waals surface area contributed by atoms with Crippen LogP contribution >= 0.6 is 0 Å². The number of hydrogen-bond acceptors (Lipinski definition) is 4. The molecule has 0 saturated heterocycles. The molecule has 0 aliphatic carbocycles. The van der Waals surface area contributed by atoms with E-state index in [1.54, 1.807) is 24.3 Å². The molecule has 5 aromatic rings. The monoisotopic (exact) mass is 555 g/mol. The van der Waals surface area contributed by atoms with Gasteiger partial charge in [0.15, 0.2) is 0 Å². The van der Waals surface area contributed by atoms with Crippen LogP contribution in [0.1, 0.15) is 41.3 Å². The summed E-state index contributed by atoms with van der Waals surface area (Å²) in [5.41, 5.74) is 12.1. The summed E-state index contributed by atoms with van der Waals surface area (Å²) in [4.78, 5) is 24.1. The highest BCUT2D eigenvalue weighted by Gasteiger charge is 2.35. The summed E-state index contributed by atoms with van der Waals surface area (Å²) >= 11 is 0. The minimum atomic E-state index is -4.38. The molecule has 6 rings (SSSR count). The van der Waals surface area contributed by atoms with E-state index < -0.39 is 11.7 Å². The van der Waals surface area contributed by atoms with Crippen LogP contribution in [-0.2, 0) is 13.2 Å². The molecule has 0 bridgehead atoms. The molecule has 0 fully saturated rings. The molecule has 0 saturated carbocycles. The molecule has 0 radical (unpaired) electrons. The fraction of sp³-hybridized carbons (Fsp3) is 0.219. The van der Waals surface area contributed by atoms with Crippen molar-refractivity contribution in [2.24, 2.45) is 13.0 Å². The van der Waals surface area contributed by atoms with Crippen LogP contribution in [0.15, 0.2) is 79.3 Å². The van der Waals surface area contributed by atoms with E-state index in [9.17, 15) is 18.0 Å². The second-order valence-electron chi connectivity index (χ2n) is 10.8. The normalized spacial score (nSPS) is 15.1. The second-order valence-corrected chi connectivity index (χ2v) is 10.8. The van der Waals surface area contributed by atoms with Crippen molar-refractivity contribution >= 4 is 28.4 Å². The third kappa shape index (κ3) is 4.61. The van der Waals surface area contributed by atoms with Crippen molar-refractivity contribution in [1.29, 1.82) is 0 Å². The number of anilines is 2. The summed E-state index contributed by atoms with van der Waals surface area (Å²) in [5, 5.41) is 0.801. The zero-order valence-corrected chi connectivity index (χ0v) is 22.8. The van der Waals surface area contributed by atoms with Crippen LogP contribution in [0, 0.1) is 5.92 Å². The fourth-order valence-electron chi connectivity index (χ4n) is 5.69. The minimum absolute atomic E-state index is 0.121. The number of nitrogens with two attached hydrogens (primary N) is 1. The molecule has 9 heteroatoms. The van der Waals surface area contributed by atoms with Gasteiger partial charge in [0.2, 0.25) is 0 Å². The van der Waals surface area contributed by atoms with Crippen LogP contribution in [0.2, 0.25) is 0 Å². The van der Waals surface area contributed by atoms with Crippen molar-refractivity contribution in [2.45, 2.75) is 25.9 Å². The van der Waals surface area contributed by atoms with Gasteiger partial charge in [-0.05, 0) is 64.6 Å². The Morgan fingerprint density at radius 2 is 1.59 bits per heavy atom. The van der Waals surface area contributed by atoms with E-state index in [0.717, 1.165) is 51.1 Å². The molecule has 2 aromatic heterocycles. The SMILES string of the molecule is CC(C)C1CN(C(=O)c2ccc(-c3ccc(C(F)(F)F)cc3)cc2)c2ccc(-c3cn(C)c4ncnc(N)c34)cc21. The molecule has 41 heavy (non-hydrogen) atoms. The molecule has 1 aliphatic heterocycles. The number of rotatable bonds is 4. The lowest BCUT2D eigenvalue weighted by atomic mass is 9.88. The summed E-state index contributed by atoms with van der Waals surface area (Å²) in [5.74, 6) is 0.737. The fourth-order valence-corrected chi connectivity index (χ4v) is 5.69. The number of halogens is 3. The summed E-state index contributed by atoms with van der Waals surface area (Å²) < 4.78 is 40.7. The molecule has 1 unspecified atom stereocenters. The van der Waals surface area contributed by atoms with Gasteiger partial charge >= 0.3 is 6.18 Å². The van der Waals surface area contributed by atoms with E-state index in [1.165, 1.54) is 18.5 Å². The van der Waals surface area contributed by atoms with Gasteiger partial charge in [0.1, 0.15) is 17.8 Å². The number of aromatic nitrogens is 3. The smallest absolute Gasteiger partial charge is 0.383 e. The maximum absolute atomic E-state index is 13.7. The first-order valence-electron chi connectivity index (χ1n) is 13.3. The maximum atomic E-state index is 13.7. The third-order valence-electron chi connectivity index (χ3n) is 7.92. The Bertz CT molecular complexity index is 1770. The Morgan fingerprint density at radius 1 is 0.951 bits per heavy atom. The van der Waals surface area contributed by atoms with Gasteiger partial charge in [-0.3, -0.25) is 4.79 Å². The first-order chi connectivity index (χ1) is 19.5. The Kier molecular flexibility index (Phi) is 6.32. The predicted octanol–water partition coefficient (Wildman–Crippen LogP) is 7.30. The standard InChI is InChI=1S/C32H28F3N5O/c1-18(2)25-16-40(31(41)21-6-4-19(5-7-21)20-8-11-23(12-9-20)32(33,34)35)27-13-10-22(14-24(25)27)26-15-39(3)30-28(26)29(36)37-17-38-30/h4-15,17-18,25H,16H2,1-3H3,(H2,36,37,38). The quantitative estimate of drug-likeness (QED) is 0.252. The van der Waals surface area contributed by atoms with Crippen LogP contribution in [0.3, 0.4) is 0 Å². The van der Waals surface area contributed by atoms with Gasteiger partial charge in [-0.15, -0.1) is 0 Å². The van der Waals surface area contributed by atoms with Crippen molar-refractivity contribution in [3.8, 4) is 22.3 Å². The molecule has 208 valence electrons. The van der Waals surface area contributed by atoms with E-state index in [4.69, 9.17) is 5.73 Å². The first kappa shape index (κ1) is 26.6. The zero-order chi connectivity index (χ0) is 29.1.